The third-order valence-corrected chi connectivity index (χ3v) is 6.39. The molecule has 36 heavy (non-hydrogen) atoms. The number of hydrogen-bond acceptors (Lipinski definition) is 4. The molecule has 1 aromatic heterocycles. The molecule has 8 nitrogen and oxygen atoms in total. The van der Waals surface area contributed by atoms with Gasteiger partial charge in [-0.1, -0.05) is 36.8 Å². The predicted octanol–water partition coefficient (Wildman–Crippen LogP) is 5.04. The lowest BCUT2D eigenvalue weighted by atomic mass is 10.1. The first-order valence-electron chi connectivity index (χ1n) is 12.0. The Morgan fingerprint density at radius 3 is 2.03 bits per heavy atom. The number of carbonyl (C=O) groups is 3. The van der Waals surface area contributed by atoms with Crippen molar-refractivity contribution >= 4 is 17.9 Å². The topological polar surface area (TPSA) is 120 Å². The summed E-state index contributed by atoms with van der Waals surface area (Å²) in [5.74, 6) is -3.10. The number of aromatic nitrogens is 1. The predicted molar refractivity (Wildman–Crippen MR) is 137 cm³/mol. The zero-order valence-electron chi connectivity index (χ0n) is 20.6. The Kier molecular flexibility index (Phi) is 9.02. The molecular weight excluding hydrogens is 460 g/mol. The number of likely N-dealkylation sites (tertiary alicyclic amines) is 1. The van der Waals surface area contributed by atoms with E-state index in [0.717, 1.165) is 43.5 Å². The van der Waals surface area contributed by atoms with Gasteiger partial charge < -0.3 is 24.8 Å². The molecular formula is C28H32N2O6. The van der Waals surface area contributed by atoms with Crippen molar-refractivity contribution in [1.82, 2.24) is 9.47 Å². The molecule has 1 fully saturated rings. The molecule has 0 unspecified atom stereocenters. The van der Waals surface area contributed by atoms with Crippen LogP contribution in [-0.2, 0) is 6.54 Å². The van der Waals surface area contributed by atoms with Gasteiger partial charge in [-0.25, -0.2) is 14.4 Å². The van der Waals surface area contributed by atoms with Crippen LogP contribution in [-0.4, -0.2) is 62.3 Å². The fourth-order valence-corrected chi connectivity index (χ4v) is 4.32. The van der Waals surface area contributed by atoms with E-state index in [0.29, 0.717) is 11.1 Å². The first-order valence-corrected chi connectivity index (χ1v) is 12.0. The van der Waals surface area contributed by atoms with Crippen molar-refractivity contribution < 1.29 is 29.7 Å². The second-order valence-electron chi connectivity index (χ2n) is 8.97. The molecule has 2 heterocycles. The molecule has 0 bridgehead atoms. The van der Waals surface area contributed by atoms with E-state index >= 15 is 0 Å². The number of nitrogens with zero attached hydrogens (tertiary/aromatic N) is 2. The number of benzene rings is 2. The molecule has 0 atom stereocenters. The highest BCUT2D eigenvalue weighted by Gasteiger charge is 2.16. The lowest BCUT2D eigenvalue weighted by Crippen LogP contribution is -2.32. The lowest BCUT2D eigenvalue weighted by Gasteiger charge is -2.26. The van der Waals surface area contributed by atoms with E-state index in [1.807, 2.05) is 12.1 Å². The minimum Gasteiger partial charge on any atom is -0.478 e. The number of aromatic carboxylic acids is 3. The molecule has 0 radical (unpaired) electrons. The van der Waals surface area contributed by atoms with Crippen molar-refractivity contribution in [2.75, 3.05) is 19.6 Å². The van der Waals surface area contributed by atoms with Crippen molar-refractivity contribution in [3.63, 3.8) is 0 Å². The first kappa shape index (κ1) is 26.7. The number of hydrogen-bond donors (Lipinski definition) is 3. The van der Waals surface area contributed by atoms with Crippen LogP contribution in [0.4, 0.5) is 0 Å². The molecule has 4 rings (SSSR count). The SMILES string of the molecule is Cc1ccc(C(=O)O)cc1C(=O)O.Cc1ccccc1-c1cc(C(=O)O)cn1CCN1CCCCC1. The van der Waals surface area contributed by atoms with E-state index in [4.69, 9.17) is 10.2 Å². The monoisotopic (exact) mass is 492 g/mol. The summed E-state index contributed by atoms with van der Waals surface area (Å²) >= 11 is 0. The fraction of sp³-hybridized carbons (Fsp3) is 0.321. The Morgan fingerprint density at radius 2 is 1.42 bits per heavy atom. The second kappa shape index (κ2) is 12.2. The van der Waals surface area contributed by atoms with Gasteiger partial charge in [-0.15, -0.1) is 0 Å². The van der Waals surface area contributed by atoms with Gasteiger partial charge in [-0.05, 0) is 69.1 Å². The molecule has 0 saturated carbocycles. The summed E-state index contributed by atoms with van der Waals surface area (Å²) in [5.41, 5.74) is 4.21. The molecule has 8 heteroatoms. The second-order valence-corrected chi connectivity index (χ2v) is 8.97. The maximum absolute atomic E-state index is 11.4. The lowest BCUT2D eigenvalue weighted by molar-refractivity contribution is 0.0682. The molecule has 1 saturated heterocycles. The zero-order valence-corrected chi connectivity index (χ0v) is 20.6. The molecule has 0 aliphatic carbocycles. The first-order chi connectivity index (χ1) is 17.2. The van der Waals surface area contributed by atoms with Gasteiger partial charge in [0, 0.05) is 30.5 Å². The number of aryl methyl sites for hydroxylation is 2. The quantitative estimate of drug-likeness (QED) is 0.423. The molecule has 190 valence electrons. The van der Waals surface area contributed by atoms with Crippen LogP contribution < -0.4 is 0 Å². The minimum atomic E-state index is -1.12. The highest BCUT2D eigenvalue weighted by molar-refractivity contribution is 5.94. The van der Waals surface area contributed by atoms with E-state index in [2.05, 4.69) is 28.5 Å². The van der Waals surface area contributed by atoms with Crippen LogP contribution in [0, 0.1) is 13.8 Å². The third kappa shape index (κ3) is 6.82. The summed E-state index contributed by atoms with van der Waals surface area (Å²) in [6.07, 6.45) is 5.65. The molecule has 3 N–H and O–H groups in total. The Morgan fingerprint density at radius 1 is 0.750 bits per heavy atom. The normalized spacial score (nSPS) is 13.5. The number of rotatable bonds is 7. The molecule has 1 aliphatic heterocycles. The molecule has 0 spiro atoms. The minimum absolute atomic E-state index is 0.0111. The van der Waals surface area contributed by atoms with E-state index < -0.39 is 17.9 Å². The summed E-state index contributed by atoms with van der Waals surface area (Å²) in [7, 11) is 0. The highest BCUT2D eigenvalue weighted by atomic mass is 16.4. The Labute approximate surface area is 210 Å². The van der Waals surface area contributed by atoms with Crippen molar-refractivity contribution in [1.29, 1.82) is 0 Å². The summed E-state index contributed by atoms with van der Waals surface area (Å²) in [6.45, 7) is 7.82. The number of piperidine rings is 1. The van der Waals surface area contributed by atoms with Crippen LogP contribution >= 0.6 is 0 Å². The Hall–Kier alpha value is -3.91. The summed E-state index contributed by atoms with van der Waals surface area (Å²) < 4.78 is 2.10. The van der Waals surface area contributed by atoms with Crippen molar-refractivity contribution in [3.8, 4) is 11.3 Å². The van der Waals surface area contributed by atoms with Crippen LogP contribution in [0.5, 0.6) is 0 Å². The fourth-order valence-electron chi connectivity index (χ4n) is 4.32. The molecule has 2 aromatic carbocycles. The maximum Gasteiger partial charge on any atom is 0.337 e. The van der Waals surface area contributed by atoms with E-state index in [-0.39, 0.29) is 11.1 Å². The highest BCUT2D eigenvalue weighted by Crippen LogP contribution is 2.26. The maximum atomic E-state index is 11.4. The van der Waals surface area contributed by atoms with Crippen LogP contribution in [0.25, 0.3) is 11.3 Å². The van der Waals surface area contributed by atoms with Gasteiger partial charge in [0.2, 0.25) is 0 Å². The van der Waals surface area contributed by atoms with Gasteiger partial charge in [0.15, 0.2) is 0 Å². The standard InChI is InChI=1S/C19H24N2O2.C9H8O4/c1-15-7-3-4-8-17(15)18-13-16(19(22)23)14-21(18)12-11-20-9-5-2-6-10-20;1-5-2-3-6(8(10)11)4-7(5)9(12)13/h3-4,7-8,13-14H,2,5-6,9-12H2,1H3,(H,22,23);2-4H,1H3,(H,10,11)(H,12,13). The van der Waals surface area contributed by atoms with E-state index in [9.17, 15) is 19.5 Å². The average Bonchev–Trinajstić information content (AvgIpc) is 3.28. The summed E-state index contributed by atoms with van der Waals surface area (Å²) in [6, 6.07) is 14.0. The van der Waals surface area contributed by atoms with Crippen LogP contribution in [0.1, 0.15) is 61.5 Å². The van der Waals surface area contributed by atoms with E-state index in [1.165, 1.54) is 37.0 Å². The van der Waals surface area contributed by atoms with Crippen molar-refractivity contribution in [3.05, 3.63) is 82.5 Å². The summed E-state index contributed by atoms with van der Waals surface area (Å²) in [4.78, 5) is 34.9. The Bertz CT molecular complexity index is 1240. The number of carboxylic acids is 3. The largest absolute Gasteiger partial charge is 0.478 e. The zero-order chi connectivity index (χ0) is 26.2. The van der Waals surface area contributed by atoms with Gasteiger partial charge in [0.25, 0.3) is 0 Å². The molecule has 1 aliphatic rings. The van der Waals surface area contributed by atoms with Gasteiger partial charge in [-0.2, -0.15) is 0 Å². The van der Waals surface area contributed by atoms with Gasteiger partial charge in [0.05, 0.1) is 16.7 Å². The Balaban J connectivity index is 0.000000236. The number of carboxylic acid groups (broad SMARTS) is 3. The van der Waals surface area contributed by atoms with Gasteiger partial charge in [0.1, 0.15) is 0 Å². The van der Waals surface area contributed by atoms with Gasteiger partial charge >= 0.3 is 17.9 Å². The van der Waals surface area contributed by atoms with E-state index in [1.54, 1.807) is 19.2 Å². The smallest absolute Gasteiger partial charge is 0.337 e. The van der Waals surface area contributed by atoms with Crippen molar-refractivity contribution in [2.45, 2.75) is 39.7 Å². The molecule has 0 amide bonds. The van der Waals surface area contributed by atoms with Gasteiger partial charge in [-0.3, -0.25) is 0 Å². The van der Waals surface area contributed by atoms with Crippen LogP contribution in [0.3, 0.4) is 0 Å². The average molecular weight is 493 g/mol. The van der Waals surface area contributed by atoms with Crippen LogP contribution in [0.15, 0.2) is 54.7 Å². The van der Waals surface area contributed by atoms with Crippen LogP contribution in [0.2, 0.25) is 0 Å². The van der Waals surface area contributed by atoms with Crippen molar-refractivity contribution in [2.24, 2.45) is 0 Å². The summed E-state index contributed by atoms with van der Waals surface area (Å²) in [5, 5.41) is 26.6. The third-order valence-electron chi connectivity index (χ3n) is 6.39. The molecule has 3 aromatic rings.